The van der Waals surface area contributed by atoms with Gasteiger partial charge in [-0.25, -0.2) is 9.97 Å². The van der Waals surface area contributed by atoms with Crippen molar-refractivity contribution in [3.05, 3.63) is 44.5 Å². The predicted octanol–water partition coefficient (Wildman–Crippen LogP) is 1.40. The van der Waals surface area contributed by atoms with Crippen LogP contribution in [0, 0.1) is 0 Å². The van der Waals surface area contributed by atoms with E-state index >= 15 is 0 Å². The summed E-state index contributed by atoms with van der Waals surface area (Å²) in [7, 11) is 0. The predicted molar refractivity (Wildman–Crippen MR) is 54.7 cm³/mol. The number of hydrogen-bond acceptors (Lipinski definition) is 4. The highest BCUT2D eigenvalue weighted by molar-refractivity contribution is 7.09. The molecule has 0 N–H and O–H groups in total. The van der Waals surface area contributed by atoms with E-state index in [0.717, 1.165) is 5.01 Å². The molecule has 0 aliphatic carbocycles. The number of hydrogen-bond donors (Lipinski definition) is 0. The first-order valence-electron chi connectivity index (χ1n) is 3.86. The number of rotatable bonds is 2. The minimum absolute atomic E-state index is 0.166. The van der Waals surface area contributed by atoms with Crippen molar-refractivity contribution in [3.8, 4) is 0 Å². The number of nitrogens with zero attached hydrogens (tertiary/aromatic N) is 3. The molecular formula is C8H6ClN3OS. The maximum atomic E-state index is 11.4. The lowest BCUT2D eigenvalue weighted by Gasteiger charge is -2.00. The van der Waals surface area contributed by atoms with Crippen molar-refractivity contribution in [3.63, 3.8) is 0 Å². The van der Waals surface area contributed by atoms with E-state index in [0.29, 0.717) is 6.54 Å². The van der Waals surface area contributed by atoms with Gasteiger partial charge in [0.1, 0.15) is 10.2 Å². The fourth-order valence-corrected chi connectivity index (χ4v) is 1.75. The molecule has 14 heavy (non-hydrogen) atoms. The lowest BCUT2D eigenvalue weighted by molar-refractivity contribution is 0.731. The zero-order valence-electron chi connectivity index (χ0n) is 7.05. The third kappa shape index (κ3) is 2.00. The van der Waals surface area contributed by atoms with Gasteiger partial charge in [-0.05, 0) is 0 Å². The van der Waals surface area contributed by atoms with E-state index in [1.54, 1.807) is 6.20 Å². The molecule has 0 aliphatic rings. The summed E-state index contributed by atoms with van der Waals surface area (Å²) in [6.45, 7) is 0.445. The van der Waals surface area contributed by atoms with Gasteiger partial charge in [-0.1, -0.05) is 11.6 Å². The summed E-state index contributed by atoms with van der Waals surface area (Å²) < 4.78 is 1.46. The van der Waals surface area contributed by atoms with Crippen molar-refractivity contribution in [1.29, 1.82) is 0 Å². The summed E-state index contributed by atoms with van der Waals surface area (Å²) in [6, 6.07) is 1.29. The van der Waals surface area contributed by atoms with E-state index in [1.165, 1.54) is 28.3 Å². The molecule has 4 nitrogen and oxygen atoms in total. The maximum Gasteiger partial charge on any atom is 0.255 e. The molecule has 0 aliphatic heterocycles. The Morgan fingerprint density at radius 2 is 2.36 bits per heavy atom. The summed E-state index contributed by atoms with van der Waals surface area (Å²) in [5, 5.41) is 2.95. The van der Waals surface area contributed by atoms with E-state index in [9.17, 15) is 4.79 Å². The Morgan fingerprint density at radius 3 is 3.00 bits per heavy atom. The zero-order chi connectivity index (χ0) is 9.97. The summed E-state index contributed by atoms with van der Waals surface area (Å²) in [6.07, 6.45) is 3.13. The van der Waals surface area contributed by atoms with E-state index in [1.807, 2.05) is 5.38 Å². The van der Waals surface area contributed by atoms with E-state index in [4.69, 9.17) is 11.6 Å². The van der Waals surface area contributed by atoms with Gasteiger partial charge in [-0.2, -0.15) is 0 Å². The zero-order valence-corrected chi connectivity index (χ0v) is 8.63. The first-order chi connectivity index (χ1) is 6.75. The van der Waals surface area contributed by atoms with Gasteiger partial charge in [0, 0.05) is 17.6 Å². The molecule has 2 heterocycles. The molecule has 0 radical (unpaired) electrons. The summed E-state index contributed by atoms with van der Waals surface area (Å²) in [5.41, 5.74) is -0.166. The average molecular weight is 228 g/mol. The van der Waals surface area contributed by atoms with E-state index in [2.05, 4.69) is 9.97 Å². The van der Waals surface area contributed by atoms with E-state index in [-0.39, 0.29) is 10.7 Å². The Balaban J connectivity index is 2.30. The Morgan fingerprint density at radius 1 is 1.50 bits per heavy atom. The Labute approximate surface area is 88.8 Å². The highest BCUT2D eigenvalue weighted by Crippen LogP contribution is 2.05. The Hall–Kier alpha value is -1.20. The largest absolute Gasteiger partial charge is 0.292 e. The standard InChI is InChI=1S/C8H6ClN3OS/c9-6-3-8(13)12(5-11-6)4-7-10-1-2-14-7/h1-3,5H,4H2. The summed E-state index contributed by atoms with van der Waals surface area (Å²) in [5.74, 6) is 0. The fourth-order valence-electron chi connectivity index (χ4n) is 0.999. The average Bonchev–Trinajstić information content (AvgIpc) is 2.62. The SMILES string of the molecule is O=c1cc(Cl)ncn1Cc1nccs1. The number of thiazole rings is 1. The number of aromatic nitrogens is 3. The second-order valence-corrected chi connectivity index (χ2v) is 3.97. The third-order valence-corrected chi connectivity index (χ3v) is 2.61. The smallest absolute Gasteiger partial charge is 0.255 e. The highest BCUT2D eigenvalue weighted by atomic mass is 35.5. The van der Waals surface area contributed by atoms with Crippen LogP contribution in [0.15, 0.2) is 28.8 Å². The van der Waals surface area contributed by atoms with Crippen LogP contribution in [0.25, 0.3) is 0 Å². The molecule has 0 saturated heterocycles. The lowest BCUT2D eigenvalue weighted by Crippen LogP contribution is -2.19. The van der Waals surface area contributed by atoms with Crippen LogP contribution in [-0.4, -0.2) is 14.5 Å². The lowest BCUT2D eigenvalue weighted by atomic mass is 10.6. The highest BCUT2D eigenvalue weighted by Gasteiger charge is 2.00. The molecule has 0 fully saturated rings. The van der Waals surface area contributed by atoms with Gasteiger partial charge < -0.3 is 0 Å². The van der Waals surface area contributed by atoms with Crippen LogP contribution in [0.1, 0.15) is 5.01 Å². The van der Waals surface area contributed by atoms with Crippen molar-refractivity contribution in [2.45, 2.75) is 6.54 Å². The quantitative estimate of drug-likeness (QED) is 0.729. The third-order valence-electron chi connectivity index (χ3n) is 1.64. The van der Waals surface area contributed by atoms with Gasteiger partial charge in [0.2, 0.25) is 0 Å². The molecule has 2 aromatic heterocycles. The molecular weight excluding hydrogens is 222 g/mol. The Bertz CT molecular complexity index is 480. The van der Waals surface area contributed by atoms with Crippen LogP contribution >= 0.6 is 22.9 Å². The molecule has 72 valence electrons. The summed E-state index contributed by atoms with van der Waals surface area (Å²) in [4.78, 5) is 19.3. The summed E-state index contributed by atoms with van der Waals surface area (Å²) >= 11 is 7.06. The van der Waals surface area contributed by atoms with Crippen molar-refractivity contribution in [2.24, 2.45) is 0 Å². The molecule has 2 rings (SSSR count). The van der Waals surface area contributed by atoms with Gasteiger partial charge in [0.25, 0.3) is 5.56 Å². The number of halogens is 1. The topological polar surface area (TPSA) is 47.8 Å². The van der Waals surface area contributed by atoms with Crippen molar-refractivity contribution < 1.29 is 0 Å². The monoisotopic (exact) mass is 227 g/mol. The van der Waals surface area contributed by atoms with Crippen molar-refractivity contribution in [2.75, 3.05) is 0 Å². The molecule has 0 unspecified atom stereocenters. The van der Waals surface area contributed by atoms with Gasteiger partial charge in [0.05, 0.1) is 12.9 Å². The maximum absolute atomic E-state index is 11.4. The van der Waals surface area contributed by atoms with Crippen LogP contribution in [-0.2, 0) is 6.54 Å². The second-order valence-electron chi connectivity index (χ2n) is 2.60. The molecule has 0 spiro atoms. The second kappa shape index (κ2) is 3.89. The van der Waals surface area contributed by atoms with E-state index < -0.39 is 0 Å². The van der Waals surface area contributed by atoms with Gasteiger partial charge in [-0.3, -0.25) is 9.36 Å². The molecule has 2 aromatic rings. The molecule has 0 amide bonds. The molecule has 0 bridgehead atoms. The molecule has 0 aromatic carbocycles. The minimum atomic E-state index is -0.166. The first kappa shape index (κ1) is 9.36. The van der Waals surface area contributed by atoms with Gasteiger partial charge in [-0.15, -0.1) is 11.3 Å². The van der Waals surface area contributed by atoms with Crippen LogP contribution in [0.3, 0.4) is 0 Å². The van der Waals surface area contributed by atoms with Crippen LogP contribution < -0.4 is 5.56 Å². The van der Waals surface area contributed by atoms with Crippen molar-refractivity contribution >= 4 is 22.9 Å². The Kier molecular flexibility index (Phi) is 2.60. The fraction of sp³-hybridized carbons (Fsp3) is 0.125. The van der Waals surface area contributed by atoms with Crippen LogP contribution in [0.4, 0.5) is 0 Å². The normalized spacial score (nSPS) is 10.4. The molecule has 0 atom stereocenters. The van der Waals surface area contributed by atoms with Crippen molar-refractivity contribution in [1.82, 2.24) is 14.5 Å². The van der Waals surface area contributed by atoms with Crippen LogP contribution in [0.5, 0.6) is 0 Å². The van der Waals surface area contributed by atoms with Crippen LogP contribution in [0.2, 0.25) is 5.15 Å². The molecule has 6 heteroatoms. The molecule has 0 saturated carbocycles. The van der Waals surface area contributed by atoms with Gasteiger partial charge >= 0.3 is 0 Å². The van der Waals surface area contributed by atoms with Gasteiger partial charge in [0.15, 0.2) is 0 Å². The first-order valence-corrected chi connectivity index (χ1v) is 5.12. The minimum Gasteiger partial charge on any atom is -0.292 e.